The molecule has 1 aliphatic heterocycles. The molecule has 0 amide bonds. The summed E-state index contributed by atoms with van der Waals surface area (Å²) in [5.41, 5.74) is 0.0822. The second-order valence-corrected chi connectivity index (χ2v) is 14.7. The molecule has 0 unspecified atom stereocenters. The third-order valence-corrected chi connectivity index (χ3v) is 10.7. The molecule has 270 valence electrons. The van der Waals surface area contributed by atoms with Crippen LogP contribution in [-0.2, 0) is 25.7 Å². The van der Waals surface area contributed by atoms with Crippen LogP contribution in [0.5, 0.6) is 0 Å². The summed E-state index contributed by atoms with van der Waals surface area (Å²) in [6.45, 7) is 2.76. The van der Waals surface area contributed by atoms with E-state index in [9.17, 15) is 26.9 Å². The normalized spacial score (nSPS) is 19.4. The van der Waals surface area contributed by atoms with Gasteiger partial charge in [-0.3, -0.25) is 0 Å². The Hall–Kier alpha value is -3.52. The quantitative estimate of drug-likeness (QED) is 0.140. The van der Waals surface area contributed by atoms with Gasteiger partial charge >= 0.3 is 6.18 Å². The maximum absolute atomic E-state index is 12.7. The summed E-state index contributed by atoms with van der Waals surface area (Å²) in [6, 6.07) is 14.0. The van der Waals surface area contributed by atoms with E-state index in [1.807, 2.05) is 24.3 Å². The number of sulfonamides is 1. The van der Waals surface area contributed by atoms with Crippen molar-refractivity contribution < 1.29 is 31.1 Å². The predicted octanol–water partition coefficient (Wildman–Crippen LogP) is 5.86. The lowest BCUT2D eigenvalue weighted by Gasteiger charge is -2.30. The largest absolute Gasteiger partial charge is 0.416 e. The number of halogens is 4. The number of rotatable bonds is 15. The molecule has 2 aliphatic rings. The maximum atomic E-state index is 12.7. The Bertz CT molecular complexity index is 1710. The zero-order valence-corrected chi connectivity index (χ0v) is 29.0. The monoisotopic (exact) mass is 735 g/mol. The molecule has 3 heterocycles. The van der Waals surface area contributed by atoms with Gasteiger partial charge < -0.3 is 25.4 Å². The average molecular weight is 736 g/mol. The summed E-state index contributed by atoms with van der Waals surface area (Å²) in [7, 11) is -3.94. The van der Waals surface area contributed by atoms with Gasteiger partial charge in [-0.1, -0.05) is 17.7 Å². The fourth-order valence-electron chi connectivity index (χ4n) is 5.99. The van der Waals surface area contributed by atoms with Crippen molar-refractivity contribution in [2.45, 2.75) is 61.7 Å². The van der Waals surface area contributed by atoms with E-state index in [0.717, 1.165) is 55.5 Å². The highest BCUT2D eigenvalue weighted by Gasteiger charge is 2.33. The fraction of sp³-hybridized carbons (Fsp3) is 0.500. The number of anilines is 2. The summed E-state index contributed by atoms with van der Waals surface area (Å²) in [5.74, 6) is 1.39. The molecule has 1 saturated carbocycles. The summed E-state index contributed by atoms with van der Waals surface area (Å²) in [4.78, 5) is 9.02. The molecule has 0 radical (unpaired) electrons. The van der Waals surface area contributed by atoms with Crippen molar-refractivity contribution in [3.8, 4) is 17.3 Å². The van der Waals surface area contributed by atoms with Crippen LogP contribution in [0, 0.1) is 16.7 Å². The van der Waals surface area contributed by atoms with Crippen molar-refractivity contribution >= 4 is 33.3 Å². The third kappa shape index (κ3) is 10.5. The van der Waals surface area contributed by atoms with E-state index < -0.39 is 27.2 Å². The Morgan fingerprint density at radius 3 is 2.40 bits per heavy atom. The molecule has 2 aromatic heterocycles. The van der Waals surface area contributed by atoms with Crippen LogP contribution in [0.1, 0.15) is 44.1 Å². The first-order chi connectivity index (χ1) is 24.0. The van der Waals surface area contributed by atoms with Gasteiger partial charge in [0.25, 0.3) is 0 Å². The van der Waals surface area contributed by atoms with Crippen LogP contribution in [0.2, 0.25) is 5.02 Å². The van der Waals surface area contributed by atoms with Gasteiger partial charge in [-0.05, 0) is 81.0 Å². The van der Waals surface area contributed by atoms with Gasteiger partial charge in [-0.25, -0.2) is 23.1 Å². The van der Waals surface area contributed by atoms with E-state index in [0.29, 0.717) is 74.1 Å². The van der Waals surface area contributed by atoms with Crippen LogP contribution >= 0.6 is 11.6 Å². The van der Waals surface area contributed by atoms with Crippen molar-refractivity contribution in [3.63, 3.8) is 0 Å². The highest BCUT2D eigenvalue weighted by Crippen LogP contribution is 2.33. The number of nitrogens with one attached hydrogen (secondary N) is 4. The molecule has 0 bridgehead atoms. The third-order valence-electron chi connectivity index (χ3n) is 8.96. The number of hydrogen-bond donors (Lipinski definition) is 4. The molecule has 4 N–H and O–H groups in total. The van der Waals surface area contributed by atoms with E-state index in [-0.39, 0.29) is 24.1 Å². The Labute approximate surface area is 295 Å². The lowest BCUT2D eigenvalue weighted by Crippen LogP contribution is -2.38. The van der Waals surface area contributed by atoms with E-state index in [4.69, 9.17) is 26.1 Å². The Kier molecular flexibility index (Phi) is 12.9. The Morgan fingerprint density at radius 2 is 1.70 bits per heavy atom. The zero-order valence-electron chi connectivity index (χ0n) is 27.4. The first-order valence-corrected chi connectivity index (χ1v) is 18.4. The standard InChI is InChI=1S/C34H41ClF3N7O4S/c35-29-21-41-32(20-28(29)30-2-1-3-31(45-30)42-23-33(22-39)12-16-48-17-13-33)44-26-8-6-25(7-9-26)40-14-18-49-19-15-43-50(46,47)27-10-4-24(5-11-27)34(36,37)38/h1-5,10-11,20-21,25-26,40,43H,6-9,12-19,23H2,(H,41,44)(H,42,45). The van der Waals surface area contributed by atoms with Gasteiger partial charge in [0.05, 0.1) is 45.9 Å². The SMILES string of the molecule is N#CC1(CNc2cccc(-c3cc(NC4CCC(NCCOCCNS(=O)(=O)c5ccc(C(F)(F)F)cc5)CC4)ncc3Cl)n2)CCOCC1. The number of nitriles is 1. The van der Waals surface area contributed by atoms with Gasteiger partial charge in [-0.15, -0.1) is 0 Å². The number of ether oxygens (including phenoxy) is 2. The number of pyridine rings is 2. The number of aromatic nitrogens is 2. The molecule has 1 saturated heterocycles. The average Bonchev–Trinajstić information content (AvgIpc) is 3.12. The minimum absolute atomic E-state index is 0.00186. The molecule has 16 heteroatoms. The molecule has 1 aliphatic carbocycles. The lowest BCUT2D eigenvalue weighted by molar-refractivity contribution is -0.137. The number of benzene rings is 1. The zero-order chi connectivity index (χ0) is 35.6. The van der Waals surface area contributed by atoms with Crippen molar-refractivity contribution in [3.05, 3.63) is 65.3 Å². The van der Waals surface area contributed by atoms with Crippen LogP contribution in [0.4, 0.5) is 24.8 Å². The summed E-state index contributed by atoms with van der Waals surface area (Å²) >= 11 is 6.55. The first kappa shape index (κ1) is 37.7. The van der Waals surface area contributed by atoms with E-state index in [1.165, 1.54) is 0 Å². The predicted molar refractivity (Wildman–Crippen MR) is 184 cm³/mol. The van der Waals surface area contributed by atoms with Gasteiger partial charge in [0.2, 0.25) is 10.0 Å². The molecule has 0 spiro atoms. The second kappa shape index (κ2) is 17.1. The number of hydrogen-bond acceptors (Lipinski definition) is 10. The van der Waals surface area contributed by atoms with Gasteiger partial charge in [0, 0.05) is 56.7 Å². The van der Waals surface area contributed by atoms with Gasteiger partial charge in [0.1, 0.15) is 11.6 Å². The molecule has 3 aromatic rings. The van der Waals surface area contributed by atoms with Crippen LogP contribution in [-0.4, -0.2) is 76.5 Å². The first-order valence-electron chi connectivity index (χ1n) is 16.6. The Balaban J connectivity index is 1.00. The van der Waals surface area contributed by atoms with Crippen LogP contribution in [0.3, 0.4) is 0 Å². The topological polar surface area (TPSA) is 150 Å². The second-order valence-electron chi connectivity index (χ2n) is 12.5. The van der Waals surface area contributed by atoms with Crippen LogP contribution in [0.25, 0.3) is 11.3 Å². The molecule has 1 aromatic carbocycles. The van der Waals surface area contributed by atoms with E-state index in [1.54, 1.807) is 6.20 Å². The molecule has 2 fully saturated rings. The molecule has 0 atom stereocenters. The number of nitrogens with zero attached hydrogens (tertiary/aromatic N) is 3. The molecular weight excluding hydrogens is 695 g/mol. The van der Waals surface area contributed by atoms with Crippen molar-refractivity contribution in [2.75, 3.05) is 56.7 Å². The lowest BCUT2D eigenvalue weighted by atomic mass is 9.82. The van der Waals surface area contributed by atoms with E-state index >= 15 is 0 Å². The van der Waals surface area contributed by atoms with Crippen LogP contribution in [0.15, 0.2) is 59.6 Å². The van der Waals surface area contributed by atoms with Crippen LogP contribution < -0.4 is 20.7 Å². The summed E-state index contributed by atoms with van der Waals surface area (Å²) < 4.78 is 76.2. The highest BCUT2D eigenvalue weighted by atomic mass is 35.5. The van der Waals surface area contributed by atoms with E-state index in [2.05, 4.69) is 31.7 Å². The molecule has 50 heavy (non-hydrogen) atoms. The van der Waals surface area contributed by atoms with Gasteiger partial charge in [0.15, 0.2) is 0 Å². The minimum Gasteiger partial charge on any atom is -0.381 e. The van der Waals surface area contributed by atoms with Crippen molar-refractivity contribution in [1.82, 2.24) is 20.0 Å². The maximum Gasteiger partial charge on any atom is 0.416 e. The fourth-order valence-corrected chi connectivity index (χ4v) is 7.20. The summed E-state index contributed by atoms with van der Waals surface area (Å²) in [6.07, 6.45) is 2.25. The Morgan fingerprint density at radius 1 is 1.00 bits per heavy atom. The van der Waals surface area contributed by atoms with Crippen molar-refractivity contribution in [1.29, 1.82) is 5.26 Å². The smallest absolute Gasteiger partial charge is 0.381 e. The molecule has 11 nitrogen and oxygen atoms in total. The highest BCUT2D eigenvalue weighted by molar-refractivity contribution is 7.89. The summed E-state index contributed by atoms with van der Waals surface area (Å²) in [5, 5.41) is 20.6. The minimum atomic E-state index is -4.53. The molecule has 5 rings (SSSR count). The van der Waals surface area contributed by atoms with Crippen molar-refractivity contribution in [2.24, 2.45) is 5.41 Å². The van der Waals surface area contributed by atoms with Gasteiger partial charge in [-0.2, -0.15) is 18.4 Å². The number of alkyl halides is 3. The molecular formula is C34H41ClF3N7O4S.